The molecule has 28 heavy (non-hydrogen) atoms. The van der Waals surface area contributed by atoms with Gasteiger partial charge in [0.1, 0.15) is 23.8 Å². The number of fused-ring (bicyclic) bond motifs is 1. The number of aromatic nitrogens is 1. The second-order valence-electron chi connectivity index (χ2n) is 6.72. The Balaban J connectivity index is 1.51. The molecular formula is C23H22N2O3. The van der Waals surface area contributed by atoms with Crippen LogP contribution in [0.2, 0.25) is 0 Å². The largest absolute Gasteiger partial charge is 0.492 e. The molecule has 0 saturated heterocycles. The number of nitrogens with zero attached hydrogens (tertiary/aromatic N) is 2. The molecule has 1 aromatic heterocycles. The molecule has 5 nitrogen and oxygen atoms in total. The minimum atomic E-state index is -0.0629. The highest BCUT2D eigenvalue weighted by Crippen LogP contribution is 2.28. The highest BCUT2D eigenvalue weighted by Gasteiger charge is 2.23. The van der Waals surface area contributed by atoms with Crippen molar-refractivity contribution >= 4 is 5.91 Å². The van der Waals surface area contributed by atoms with Crippen molar-refractivity contribution in [1.29, 1.82) is 0 Å². The SMILES string of the molecule is Cc1ccccc1-c1ccc2c(n1)CN(CCOc1ccccc1)C(=O)CO2. The van der Waals surface area contributed by atoms with E-state index < -0.39 is 0 Å². The molecule has 1 aliphatic rings. The van der Waals surface area contributed by atoms with E-state index in [1.807, 2.05) is 54.6 Å². The lowest BCUT2D eigenvalue weighted by atomic mass is 10.0. The Bertz CT molecular complexity index is 973. The lowest BCUT2D eigenvalue weighted by Crippen LogP contribution is -2.35. The van der Waals surface area contributed by atoms with E-state index in [-0.39, 0.29) is 12.5 Å². The molecule has 1 amide bonds. The fourth-order valence-electron chi connectivity index (χ4n) is 3.24. The average Bonchev–Trinajstić information content (AvgIpc) is 2.88. The maximum atomic E-state index is 12.5. The van der Waals surface area contributed by atoms with Crippen LogP contribution in [0.3, 0.4) is 0 Å². The van der Waals surface area contributed by atoms with Crippen LogP contribution in [0.15, 0.2) is 66.7 Å². The molecule has 2 heterocycles. The molecule has 0 radical (unpaired) electrons. The number of rotatable bonds is 5. The molecule has 0 spiro atoms. The number of aryl methyl sites for hydroxylation is 1. The zero-order valence-electron chi connectivity index (χ0n) is 15.8. The Morgan fingerprint density at radius 2 is 1.82 bits per heavy atom. The molecule has 0 aliphatic carbocycles. The summed E-state index contributed by atoms with van der Waals surface area (Å²) in [6, 6.07) is 21.6. The number of hydrogen-bond acceptors (Lipinski definition) is 4. The fourth-order valence-corrected chi connectivity index (χ4v) is 3.24. The van der Waals surface area contributed by atoms with Crippen LogP contribution < -0.4 is 9.47 Å². The molecule has 5 heteroatoms. The summed E-state index contributed by atoms with van der Waals surface area (Å²) in [4.78, 5) is 19.0. The maximum absolute atomic E-state index is 12.5. The van der Waals surface area contributed by atoms with Gasteiger partial charge in [-0.25, -0.2) is 4.98 Å². The maximum Gasteiger partial charge on any atom is 0.260 e. The number of ether oxygens (including phenoxy) is 2. The van der Waals surface area contributed by atoms with Crippen molar-refractivity contribution in [2.24, 2.45) is 0 Å². The van der Waals surface area contributed by atoms with Gasteiger partial charge in [0.15, 0.2) is 6.61 Å². The number of carbonyl (C=O) groups excluding carboxylic acids is 1. The van der Waals surface area contributed by atoms with Gasteiger partial charge in [0.25, 0.3) is 5.91 Å². The van der Waals surface area contributed by atoms with Gasteiger partial charge in [-0.2, -0.15) is 0 Å². The smallest absolute Gasteiger partial charge is 0.260 e. The highest BCUT2D eigenvalue weighted by atomic mass is 16.5. The number of amides is 1. The molecule has 0 fully saturated rings. The average molecular weight is 374 g/mol. The van der Waals surface area contributed by atoms with Gasteiger partial charge in [0, 0.05) is 5.56 Å². The molecule has 0 saturated carbocycles. The Labute approximate surface area is 164 Å². The van der Waals surface area contributed by atoms with Gasteiger partial charge >= 0.3 is 0 Å². The van der Waals surface area contributed by atoms with Crippen LogP contribution >= 0.6 is 0 Å². The lowest BCUT2D eigenvalue weighted by Gasteiger charge is -2.20. The second kappa shape index (κ2) is 8.13. The number of hydrogen-bond donors (Lipinski definition) is 0. The van der Waals surface area contributed by atoms with E-state index in [0.717, 1.165) is 28.3 Å². The summed E-state index contributed by atoms with van der Waals surface area (Å²) in [5.41, 5.74) is 3.90. The van der Waals surface area contributed by atoms with Crippen LogP contribution in [0, 0.1) is 6.92 Å². The first kappa shape index (κ1) is 18.0. The monoisotopic (exact) mass is 374 g/mol. The van der Waals surface area contributed by atoms with E-state index in [1.54, 1.807) is 4.90 Å². The van der Waals surface area contributed by atoms with E-state index in [1.165, 1.54) is 0 Å². The summed E-state index contributed by atoms with van der Waals surface area (Å²) in [6.07, 6.45) is 0. The lowest BCUT2D eigenvalue weighted by molar-refractivity contribution is -0.133. The van der Waals surface area contributed by atoms with Crippen molar-refractivity contribution < 1.29 is 14.3 Å². The summed E-state index contributed by atoms with van der Waals surface area (Å²) in [5.74, 6) is 1.39. The Morgan fingerprint density at radius 1 is 1.04 bits per heavy atom. The number of carbonyl (C=O) groups is 1. The summed E-state index contributed by atoms with van der Waals surface area (Å²) in [6.45, 7) is 3.39. The van der Waals surface area contributed by atoms with Crippen molar-refractivity contribution in [2.45, 2.75) is 13.5 Å². The molecule has 0 N–H and O–H groups in total. The van der Waals surface area contributed by atoms with Gasteiger partial charge in [-0.15, -0.1) is 0 Å². The molecule has 2 aromatic carbocycles. The normalized spacial score (nSPS) is 13.5. The molecule has 3 aromatic rings. The molecule has 1 aliphatic heterocycles. The molecule has 0 unspecified atom stereocenters. The molecule has 0 bridgehead atoms. The summed E-state index contributed by atoms with van der Waals surface area (Å²) in [7, 11) is 0. The van der Waals surface area contributed by atoms with Gasteiger partial charge in [-0.3, -0.25) is 4.79 Å². The number of pyridine rings is 1. The predicted octanol–water partition coefficient (Wildman–Crippen LogP) is 3.86. The molecule has 0 atom stereocenters. The van der Waals surface area contributed by atoms with Crippen molar-refractivity contribution in [3.05, 3.63) is 78.0 Å². The Morgan fingerprint density at radius 3 is 2.64 bits per heavy atom. The first-order chi connectivity index (χ1) is 13.7. The van der Waals surface area contributed by atoms with Crippen molar-refractivity contribution in [3.8, 4) is 22.8 Å². The molecule has 4 rings (SSSR count). The van der Waals surface area contributed by atoms with Gasteiger partial charge in [0.05, 0.1) is 18.8 Å². The van der Waals surface area contributed by atoms with Gasteiger partial charge in [0.2, 0.25) is 0 Å². The third-order valence-electron chi connectivity index (χ3n) is 4.77. The molecular weight excluding hydrogens is 352 g/mol. The summed E-state index contributed by atoms with van der Waals surface area (Å²) < 4.78 is 11.4. The van der Waals surface area contributed by atoms with Gasteiger partial charge < -0.3 is 14.4 Å². The first-order valence-electron chi connectivity index (χ1n) is 9.35. The zero-order chi connectivity index (χ0) is 19.3. The van der Waals surface area contributed by atoms with Crippen LogP contribution in [0.25, 0.3) is 11.3 Å². The van der Waals surface area contributed by atoms with E-state index in [4.69, 9.17) is 14.5 Å². The molecule has 142 valence electrons. The number of benzene rings is 2. The van der Waals surface area contributed by atoms with Crippen LogP contribution in [-0.4, -0.2) is 35.5 Å². The first-order valence-corrected chi connectivity index (χ1v) is 9.35. The third-order valence-corrected chi connectivity index (χ3v) is 4.77. The Hall–Kier alpha value is -3.34. The fraction of sp³-hybridized carbons (Fsp3) is 0.217. The third kappa shape index (κ3) is 3.98. The zero-order valence-corrected chi connectivity index (χ0v) is 15.8. The summed E-state index contributed by atoms with van der Waals surface area (Å²) >= 11 is 0. The topological polar surface area (TPSA) is 51.7 Å². The quantitative estimate of drug-likeness (QED) is 0.681. The van der Waals surface area contributed by atoms with E-state index in [2.05, 4.69) is 19.1 Å². The van der Waals surface area contributed by atoms with Crippen LogP contribution in [-0.2, 0) is 11.3 Å². The standard InChI is InChI=1S/C23H22N2O3/c1-17-7-5-6-10-19(17)20-11-12-22-21(24-20)15-25(23(26)16-28-22)13-14-27-18-8-3-2-4-9-18/h2-12H,13-16H2,1H3. The predicted molar refractivity (Wildman–Crippen MR) is 107 cm³/mol. The van der Waals surface area contributed by atoms with Crippen LogP contribution in [0.4, 0.5) is 0 Å². The van der Waals surface area contributed by atoms with Crippen molar-refractivity contribution in [2.75, 3.05) is 19.8 Å². The van der Waals surface area contributed by atoms with E-state index in [0.29, 0.717) is 25.4 Å². The Kier molecular flexibility index (Phi) is 5.24. The van der Waals surface area contributed by atoms with Crippen molar-refractivity contribution in [3.63, 3.8) is 0 Å². The second-order valence-corrected chi connectivity index (χ2v) is 6.72. The minimum Gasteiger partial charge on any atom is -0.492 e. The van der Waals surface area contributed by atoms with E-state index in [9.17, 15) is 4.79 Å². The van der Waals surface area contributed by atoms with Gasteiger partial charge in [-0.05, 0) is 36.8 Å². The van der Waals surface area contributed by atoms with Crippen molar-refractivity contribution in [1.82, 2.24) is 9.88 Å². The van der Waals surface area contributed by atoms with Gasteiger partial charge in [-0.1, -0.05) is 42.5 Å². The minimum absolute atomic E-state index is 0.0176. The van der Waals surface area contributed by atoms with Crippen LogP contribution in [0.1, 0.15) is 11.3 Å². The van der Waals surface area contributed by atoms with E-state index >= 15 is 0 Å². The highest BCUT2D eigenvalue weighted by molar-refractivity contribution is 5.78. The van der Waals surface area contributed by atoms with Crippen LogP contribution in [0.5, 0.6) is 11.5 Å². The summed E-state index contributed by atoms with van der Waals surface area (Å²) in [5, 5.41) is 0. The number of para-hydroxylation sites is 1.